The Balaban J connectivity index is 2.19. The van der Waals surface area contributed by atoms with Gasteiger partial charge in [-0.05, 0) is 31.4 Å². The standard InChI is InChI=1S/C17H22O3/c1-2-12-19-16-9-5-8-15-14(16)7-6-10-17(15)20-13-4-3-11-18/h5-10,18H,2-4,11-13H2,1H3. The van der Waals surface area contributed by atoms with Gasteiger partial charge in [-0.1, -0.05) is 31.2 Å². The Bertz CT molecular complexity index is 537. The van der Waals surface area contributed by atoms with Crippen LogP contribution in [0.3, 0.4) is 0 Å². The van der Waals surface area contributed by atoms with Crippen LogP contribution in [0, 0.1) is 0 Å². The van der Waals surface area contributed by atoms with E-state index in [4.69, 9.17) is 14.6 Å². The van der Waals surface area contributed by atoms with Crippen molar-refractivity contribution < 1.29 is 14.6 Å². The Morgan fingerprint density at radius 1 is 0.850 bits per heavy atom. The summed E-state index contributed by atoms with van der Waals surface area (Å²) in [6.07, 6.45) is 2.63. The molecule has 2 aromatic rings. The second-order valence-corrected chi connectivity index (χ2v) is 4.74. The molecule has 0 heterocycles. The first-order valence-electron chi connectivity index (χ1n) is 7.25. The van der Waals surface area contributed by atoms with Crippen molar-refractivity contribution in [2.45, 2.75) is 26.2 Å². The van der Waals surface area contributed by atoms with Crippen LogP contribution in [0.4, 0.5) is 0 Å². The molecule has 0 spiro atoms. The molecule has 0 aliphatic heterocycles. The first kappa shape index (κ1) is 14.7. The Morgan fingerprint density at radius 2 is 1.45 bits per heavy atom. The fourth-order valence-corrected chi connectivity index (χ4v) is 2.11. The van der Waals surface area contributed by atoms with Gasteiger partial charge in [0.2, 0.25) is 0 Å². The highest BCUT2D eigenvalue weighted by Gasteiger charge is 2.06. The first-order chi connectivity index (χ1) is 9.86. The van der Waals surface area contributed by atoms with Crippen LogP contribution in [0.25, 0.3) is 10.8 Å². The summed E-state index contributed by atoms with van der Waals surface area (Å²) in [6, 6.07) is 12.1. The Labute approximate surface area is 120 Å². The molecular weight excluding hydrogens is 252 g/mol. The quantitative estimate of drug-likeness (QED) is 0.744. The molecule has 0 bridgehead atoms. The third kappa shape index (κ3) is 3.64. The number of unbranched alkanes of at least 4 members (excludes halogenated alkanes) is 1. The Hall–Kier alpha value is -1.74. The largest absolute Gasteiger partial charge is 0.493 e. The lowest BCUT2D eigenvalue weighted by molar-refractivity contribution is 0.254. The minimum absolute atomic E-state index is 0.216. The number of benzene rings is 2. The highest BCUT2D eigenvalue weighted by Crippen LogP contribution is 2.32. The maximum atomic E-state index is 8.78. The number of rotatable bonds is 8. The van der Waals surface area contributed by atoms with Gasteiger partial charge in [-0.15, -0.1) is 0 Å². The van der Waals surface area contributed by atoms with Gasteiger partial charge in [0.05, 0.1) is 13.2 Å². The van der Waals surface area contributed by atoms with Gasteiger partial charge in [-0.3, -0.25) is 0 Å². The zero-order valence-corrected chi connectivity index (χ0v) is 12.0. The van der Waals surface area contributed by atoms with Crippen LogP contribution < -0.4 is 9.47 Å². The van der Waals surface area contributed by atoms with Crippen LogP contribution in [0.2, 0.25) is 0 Å². The van der Waals surface area contributed by atoms with Crippen molar-refractivity contribution in [3.8, 4) is 11.5 Å². The van der Waals surface area contributed by atoms with Crippen molar-refractivity contribution in [1.29, 1.82) is 0 Å². The second kappa shape index (κ2) is 7.75. The number of aliphatic hydroxyl groups excluding tert-OH is 1. The van der Waals surface area contributed by atoms with Crippen molar-refractivity contribution in [2.24, 2.45) is 0 Å². The van der Waals surface area contributed by atoms with Gasteiger partial charge in [-0.25, -0.2) is 0 Å². The van der Waals surface area contributed by atoms with E-state index in [0.29, 0.717) is 6.61 Å². The van der Waals surface area contributed by atoms with Crippen molar-refractivity contribution in [3.63, 3.8) is 0 Å². The molecule has 0 amide bonds. The molecule has 1 N–H and O–H groups in total. The summed E-state index contributed by atoms with van der Waals surface area (Å²) < 4.78 is 11.6. The van der Waals surface area contributed by atoms with Crippen LogP contribution in [0.5, 0.6) is 11.5 Å². The number of fused-ring (bicyclic) bond motifs is 1. The molecule has 0 saturated heterocycles. The van der Waals surface area contributed by atoms with E-state index in [-0.39, 0.29) is 6.61 Å². The molecule has 20 heavy (non-hydrogen) atoms. The predicted molar refractivity (Wildman–Crippen MR) is 81.5 cm³/mol. The third-order valence-electron chi connectivity index (χ3n) is 3.11. The summed E-state index contributed by atoms with van der Waals surface area (Å²) in [7, 11) is 0. The molecule has 0 atom stereocenters. The molecule has 0 aliphatic carbocycles. The summed E-state index contributed by atoms with van der Waals surface area (Å²) in [5.41, 5.74) is 0. The van der Waals surface area contributed by atoms with E-state index in [9.17, 15) is 0 Å². The average Bonchev–Trinajstić information content (AvgIpc) is 2.49. The smallest absolute Gasteiger partial charge is 0.127 e. The van der Waals surface area contributed by atoms with Crippen LogP contribution in [-0.2, 0) is 0 Å². The minimum atomic E-state index is 0.216. The zero-order chi connectivity index (χ0) is 14.2. The monoisotopic (exact) mass is 274 g/mol. The van der Waals surface area contributed by atoms with Gasteiger partial charge in [-0.2, -0.15) is 0 Å². The summed E-state index contributed by atoms with van der Waals surface area (Å²) in [6.45, 7) is 3.66. The summed E-state index contributed by atoms with van der Waals surface area (Å²) >= 11 is 0. The van der Waals surface area contributed by atoms with E-state index in [1.54, 1.807) is 0 Å². The van der Waals surface area contributed by atoms with E-state index >= 15 is 0 Å². The summed E-state index contributed by atoms with van der Waals surface area (Å²) in [5.74, 6) is 1.78. The molecule has 0 aliphatic rings. The molecule has 0 fully saturated rings. The maximum Gasteiger partial charge on any atom is 0.127 e. The Kier molecular flexibility index (Phi) is 5.69. The molecule has 0 unspecified atom stereocenters. The highest BCUT2D eigenvalue weighted by atomic mass is 16.5. The lowest BCUT2D eigenvalue weighted by Gasteiger charge is -2.12. The first-order valence-corrected chi connectivity index (χ1v) is 7.25. The van der Waals surface area contributed by atoms with Crippen molar-refractivity contribution in [2.75, 3.05) is 19.8 Å². The number of hydrogen-bond donors (Lipinski definition) is 1. The molecule has 2 aromatic carbocycles. The van der Waals surface area contributed by atoms with E-state index in [0.717, 1.165) is 48.1 Å². The van der Waals surface area contributed by atoms with Gasteiger partial charge >= 0.3 is 0 Å². The average molecular weight is 274 g/mol. The third-order valence-corrected chi connectivity index (χ3v) is 3.11. The maximum absolute atomic E-state index is 8.78. The molecule has 2 rings (SSSR count). The minimum Gasteiger partial charge on any atom is -0.493 e. The van der Waals surface area contributed by atoms with Crippen molar-refractivity contribution in [3.05, 3.63) is 36.4 Å². The molecule has 0 aromatic heterocycles. The predicted octanol–water partition coefficient (Wildman–Crippen LogP) is 3.78. The van der Waals surface area contributed by atoms with Gasteiger partial charge in [0.25, 0.3) is 0 Å². The normalized spacial score (nSPS) is 10.7. The van der Waals surface area contributed by atoms with E-state index in [1.165, 1.54) is 0 Å². The fraction of sp³-hybridized carbons (Fsp3) is 0.412. The van der Waals surface area contributed by atoms with E-state index in [2.05, 4.69) is 19.1 Å². The topological polar surface area (TPSA) is 38.7 Å². The lowest BCUT2D eigenvalue weighted by atomic mass is 10.1. The number of hydrogen-bond acceptors (Lipinski definition) is 3. The molecule has 0 saturated carbocycles. The summed E-state index contributed by atoms with van der Waals surface area (Å²) in [4.78, 5) is 0. The molecule has 3 nitrogen and oxygen atoms in total. The Morgan fingerprint density at radius 3 is 2.00 bits per heavy atom. The van der Waals surface area contributed by atoms with Crippen LogP contribution in [0.15, 0.2) is 36.4 Å². The van der Waals surface area contributed by atoms with E-state index < -0.39 is 0 Å². The molecule has 108 valence electrons. The van der Waals surface area contributed by atoms with Crippen molar-refractivity contribution >= 4 is 10.8 Å². The van der Waals surface area contributed by atoms with Gasteiger partial charge in [0.1, 0.15) is 11.5 Å². The molecule has 3 heteroatoms. The fourth-order valence-electron chi connectivity index (χ4n) is 2.11. The van der Waals surface area contributed by atoms with Crippen LogP contribution >= 0.6 is 0 Å². The SMILES string of the molecule is CCCOc1cccc2c(OCCCCO)cccc12. The molecule has 0 radical (unpaired) electrons. The van der Waals surface area contributed by atoms with Crippen LogP contribution in [0.1, 0.15) is 26.2 Å². The number of aliphatic hydroxyl groups is 1. The van der Waals surface area contributed by atoms with Gasteiger partial charge in [0, 0.05) is 17.4 Å². The molecular formula is C17H22O3. The van der Waals surface area contributed by atoms with Gasteiger partial charge in [0.15, 0.2) is 0 Å². The van der Waals surface area contributed by atoms with Gasteiger partial charge < -0.3 is 14.6 Å². The van der Waals surface area contributed by atoms with E-state index in [1.807, 2.05) is 24.3 Å². The second-order valence-electron chi connectivity index (χ2n) is 4.74. The number of ether oxygens (including phenoxy) is 2. The highest BCUT2D eigenvalue weighted by molar-refractivity contribution is 5.93. The van der Waals surface area contributed by atoms with Crippen LogP contribution in [-0.4, -0.2) is 24.9 Å². The van der Waals surface area contributed by atoms with Crippen molar-refractivity contribution in [1.82, 2.24) is 0 Å². The zero-order valence-electron chi connectivity index (χ0n) is 12.0. The lowest BCUT2D eigenvalue weighted by Crippen LogP contribution is -2.00. The summed E-state index contributed by atoms with van der Waals surface area (Å²) in [5, 5.41) is 10.9.